The largest absolute Gasteiger partial charge is 0.476 e. The fraction of sp³-hybridized carbons (Fsp3) is 0.286. The summed E-state index contributed by atoms with van der Waals surface area (Å²) in [5.74, 6) is -3.52. The van der Waals surface area contributed by atoms with E-state index in [1.807, 2.05) is 0 Å². The molecule has 0 saturated carbocycles. The molecule has 2 amide bonds. The van der Waals surface area contributed by atoms with Crippen LogP contribution in [0.15, 0.2) is 51.5 Å². The van der Waals surface area contributed by atoms with Crippen LogP contribution in [0.5, 0.6) is 0 Å². The topological polar surface area (TPSA) is 185 Å². The number of sulfone groups is 1. The zero-order valence-electron chi connectivity index (χ0n) is 19.0. The molecule has 13 nitrogen and oxygen atoms in total. The third kappa shape index (κ3) is 5.58. The van der Waals surface area contributed by atoms with Crippen LogP contribution in [-0.4, -0.2) is 83.6 Å². The lowest BCUT2D eigenvalue weighted by Crippen LogP contribution is -2.46. The molecular formula is C21H21ClN6O7S2. The van der Waals surface area contributed by atoms with Gasteiger partial charge in [0.25, 0.3) is 11.8 Å². The van der Waals surface area contributed by atoms with Crippen LogP contribution in [0.25, 0.3) is 0 Å². The zero-order valence-corrected chi connectivity index (χ0v) is 21.4. The Kier molecular flexibility index (Phi) is 7.77. The van der Waals surface area contributed by atoms with Crippen LogP contribution >= 0.6 is 22.9 Å². The first-order valence-electron chi connectivity index (χ1n) is 10.7. The maximum absolute atomic E-state index is 13.1. The fourth-order valence-corrected chi connectivity index (χ4v) is 6.06. The lowest BCUT2D eigenvalue weighted by atomic mass is 10.2. The number of alkyl halides is 1. The Morgan fingerprint density at radius 2 is 2.05 bits per heavy atom. The Balaban J connectivity index is 1.56. The molecule has 16 heteroatoms. The second-order valence-corrected chi connectivity index (χ2v) is 11.2. The molecule has 0 unspecified atom stereocenters. The molecule has 4 rings (SSSR count). The van der Waals surface area contributed by atoms with Crippen LogP contribution in [0, 0.1) is 0 Å². The van der Waals surface area contributed by atoms with Gasteiger partial charge in [-0.3, -0.25) is 9.59 Å². The first kappa shape index (κ1) is 26.5. The monoisotopic (exact) mass is 568 g/mol. The number of fused-ring (bicyclic) bond motifs is 1. The predicted molar refractivity (Wildman–Crippen MR) is 134 cm³/mol. The minimum atomic E-state index is -4.06. The van der Waals surface area contributed by atoms with E-state index in [1.165, 1.54) is 10.4 Å². The van der Waals surface area contributed by atoms with Gasteiger partial charge < -0.3 is 21.0 Å². The van der Waals surface area contributed by atoms with Crippen molar-refractivity contribution < 1.29 is 32.7 Å². The van der Waals surface area contributed by atoms with Gasteiger partial charge in [0.2, 0.25) is 0 Å². The second kappa shape index (κ2) is 10.8. The summed E-state index contributed by atoms with van der Waals surface area (Å²) in [6, 6.07) is 7.10. The highest BCUT2D eigenvalue weighted by Crippen LogP contribution is 2.33. The number of hydrogen-bond donors (Lipinski definition) is 3. The average Bonchev–Trinajstić information content (AvgIpc) is 3.52. The second-order valence-electron chi connectivity index (χ2n) is 7.88. The number of hydrazine groups is 1. The number of nitrogen functional groups attached to an aromatic ring is 1. The van der Waals surface area contributed by atoms with E-state index < -0.39 is 45.1 Å². The molecule has 1 saturated heterocycles. The molecule has 2 aliphatic heterocycles. The van der Waals surface area contributed by atoms with Crippen LogP contribution in [0.2, 0.25) is 0 Å². The maximum Gasteiger partial charge on any atom is 0.355 e. The minimum Gasteiger partial charge on any atom is -0.476 e. The summed E-state index contributed by atoms with van der Waals surface area (Å²) in [5.41, 5.74) is 5.31. The normalized spacial score (nSPS) is 18.3. The molecule has 0 bridgehead atoms. The van der Waals surface area contributed by atoms with Gasteiger partial charge in [0.1, 0.15) is 18.3 Å². The molecule has 0 radical (unpaired) electrons. The van der Waals surface area contributed by atoms with Crippen LogP contribution in [0.3, 0.4) is 0 Å². The summed E-state index contributed by atoms with van der Waals surface area (Å²) in [6.45, 7) is -0.493. The average molecular weight is 569 g/mol. The van der Waals surface area contributed by atoms with Crippen molar-refractivity contribution in [3.63, 3.8) is 0 Å². The number of benzene rings is 1. The molecule has 37 heavy (non-hydrogen) atoms. The number of thiazole rings is 1. The van der Waals surface area contributed by atoms with E-state index in [1.54, 1.807) is 30.3 Å². The summed E-state index contributed by atoms with van der Waals surface area (Å²) < 4.78 is 26.2. The van der Waals surface area contributed by atoms with E-state index in [4.69, 9.17) is 22.2 Å². The number of amides is 2. The van der Waals surface area contributed by atoms with Crippen molar-refractivity contribution in [2.24, 2.45) is 5.16 Å². The van der Waals surface area contributed by atoms with E-state index in [0.717, 1.165) is 16.3 Å². The van der Waals surface area contributed by atoms with Gasteiger partial charge in [0.05, 0.1) is 23.1 Å². The summed E-state index contributed by atoms with van der Waals surface area (Å²) in [7, 11) is -4.06. The van der Waals surface area contributed by atoms with Gasteiger partial charge in [0, 0.05) is 11.9 Å². The van der Waals surface area contributed by atoms with Crippen molar-refractivity contribution in [2.75, 3.05) is 31.3 Å². The molecular weight excluding hydrogens is 548 g/mol. The van der Waals surface area contributed by atoms with Crippen LogP contribution < -0.4 is 11.1 Å². The highest BCUT2D eigenvalue weighted by atomic mass is 35.5. The highest BCUT2D eigenvalue weighted by molar-refractivity contribution is 7.94. The SMILES string of the molecule is Nc1nc(/C(=N\OCCCl)C(=O)N[C@H]2CN3CC(S(=O)(=O)Cc4ccccc4)=C(C(=O)O)N3C2=O)cs1. The summed E-state index contributed by atoms with van der Waals surface area (Å²) >= 11 is 6.64. The number of rotatable bonds is 10. The molecule has 1 atom stereocenters. The molecule has 1 aromatic heterocycles. The van der Waals surface area contributed by atoms with Crippen molar-refractivity contribution in [1.29, 1.82) is 0 Å². The van der Waals surface area contributed by atoms with Gasteiger partial charge in [-0.25, -0.2) is 28.2 Å². The Bertz CT molecular complexity index is 1390. The van der Waals surface area contributed by atoms with Crippen LogP contribution in [0.1, 0.15) is 11.3 Å². The van der Waals surface area contributed by atoms with Crippen molar-refractivity contribution in [3.05, 3.63) is 57.6 Å². The number of anilines is 1. The molecule has 4 N–H and O–H groups in total. The zero-order chi connectivity index (χ0) is 26.7. The maximum atomic E-state index is 13.1. The number of hydrogen-bond acceptors (Lipinski definition) is 11. The number of aliphatic carboxylic acids is 1. The smallest absolute Gasteiger partial charge is 0.355 e. The Morgan fingerprint density at radius 1 is 1.32 bits per heavy atom. The number of nitrogens with one attached hydrogen (secondary N) is 1. The minimum absolute atomic E-state index is 0.00880. The lowest BCUT2D eigenvalue weighted by Gasteiger charge is -2.18. The van der Waals surface area contributed by atoms with E-state index in [-0.39, 0.29) is 47.0 Å². The number of nitrogens with zero attached hydrogens (tertiary/aromatic N) is 4. The molecule has 0 aliphatic carbocycles. The van der Waals surface area contributed by atoms with Gasteiger partial charge in [-0.1, -0.05) is 35.5 Å². The number of nitrogens with two attached hydrogens (primary N) is 1. The molecule has 3 heterocycles. The number of carbonyl (C=O) groups excluding carboxylic acids is 2. The quantitative estimate of drug-likeness (QED) is 0.154. The van der Waals surface area contributed by atoms with E-state index >= 15 is 0 Å². The predicted octanol–water partition coefficient (Wildman–Crippen LogP) is 0.154. The number of aromatic nitrogens is 1. The molecule has 1 aromatic carbocycles. The third-order valence-corrected chi connectivity index (χ3v) is 7.99. The molecule has 0 spiro atoms. The first-order chi connectivity index (χ1) is 17.6. The van der Waals surface area contributed by atoms with E-state index in [2.05, 4.69) is 15.5 Å². The van der Waals surface area contributed by atoms with Gasteiger partial charge in [-0.05, 0) is 5.56 Å². The van der Waals surface area contributed by atoms with Crippen molar-refractivity contribution in [3.8, 4) is 0 Å². The first-order valence-corrected chi connectivity index (χ1v) is 13.8. The number of carbonyl (C=O) groups is 3. The summed E-state index contributed by atoms with van der Waals surface area (Å²) in [5, 5.41) is 19.7. The third-order valence-electron chi connectivity index (χ3n) is 5.37. The van der Waals surface area contributed by atoms with E-state index in [9.17, 15) is 27.9 Å². The van der Waals surface area contributed by atoms with Crippen molar-refractivity contribution in [2.45, 2.75) is 11.8 Å². The number of halogens is 1. The summed E-state index contributed by atoms with van der Waals surface area (Å²) in [4.78, 5) is 46.8. The summed E-state index contributed by atoms with van der Waals surface area (Å²) in [6.07, 6.45) is 0. The Labute approximate surface area is 220 Å². The fourth-order valence-electron chi connectivity index (χ4n) is 3.82. The molecule has 1 fully saturated rings. The number of carboxylic acids is 1. The Morgan fingerprint density at radius 3 is 2.68 bits per heavy atom. The van der Waals surface area contributed by atoms with Crippen molar-refractivity contribution in [1.82, 2.24) is 20.3 Å². The molecule has 2 aliphatic rings. The molecule has 196 valence electrons. The Hall–Kier alpha value is -3.53. The van der Waals surface area contributed by atoms with Gasteiger partial charge >= 0.3 is 5.97 Å². The standard InChI is InChI=1S/C21H21ClN6O7S2/c22-6-7-35-26-16(14-10-36-21(23)25-14)18(29)24-13-8-27-9-15(17(20(31)32)28(27)19(13)30)37(33,34)11-12-4-2-1-3-5-12/h1-5,10,13H,6-9,11H2,(H2,23,25)(H,24,29)(H,31,32)/b26-16+/t13-/m0/s1. The van der Waals surface area contributed by atoms with Crippen molar-refractivity contribution >= 4 is 61.4 Å². The van der Waals surface area contributed by atoms with E-state index in [0.29, 0.717) is 5.56 Å². The van der Waals surface area contributed by atoms with Crippen LogP contribution in [0.4, 0.5) is 5.13 Å². The molecule has 2 aromatic rings. The van der Waals surface area contributed by atoms with Gasteiger partial charge in [0.15, 0.2) is 26.4 Å². The number of carboxylic acid groups (broad SMARTS) is 1. The highest BCUT2D eigenvalue weighted by Gasteiger charge is 2.50. The lowest BCUT2D eigenvalue weighted by molar-refractivity contribution is -0.143. The van der Waals surface area contributed by atoms with Gasteiger partial charge in [-0.15, -0.1) is 22.9 Å². The van der Waals surface area contributed by atoms with Crippen LogP contribution in [-0.2, 0) is 34.8 Å². The number of oxime groups is 1. The van der Waals surface area contributed by atoms with Gasteiger partial charge in [-0.2, -0.15) is 0 Å².